The number of amides is 2. The van der Waals surface area contributed by atoms with E-state index in [0.717, 1.165) is 12.0 Å². The van der Waals surface area contributed by atoms with Gasteiger partial charge in [-0.3, -0.25) is 0 Å². The Morgan fingerprint density at radius 2 is 1.83 bits per heavy atom. The Bertz CT molecular complexity index is 395. The van der Waals surface area contributed by atoms with Crippen molar-refractivity contribution in [3.63, 3.8) is 0 Å². The van der Waals surface area contributed by atoms with Crippen molar-refractivity contribution in [1.29, 1.82) is 0 Å². The van der Waals surface area contributed by atoms with Crippen LogP contribution in [-0.4, -0.2) is 11.6 Å². The third-order valence-corrected chi connectivity index (χ3v) is 2.73. The first-order chi connectivity index (χ1) is 8.31. The van der Waals surface area contributed by atoms with Gasteiger partial charge in [0.1, 0.15) is 0 Å². The maximum absolute atomic E-state index is 11.8. The SMILES string of the molecule is CC[C@H](NC(=O)NC(C)(C)C)c1ccc(Cl)cc1. The monoisotopic (exact) mass is 268 g/mol. The molecule has 1 aromatic carbocycles. The van der Waals surface area contributed by atoms with Gasteiger partial charge in [0.15, 0.2) is 0 Å². The van der Waals surface area contributed by atoms with Crippen molar-refractivity contribution < 1.29 is 4.79 Å². The summed E-state index contributed by atoms with van der Waals surface area (Å²) in [6.45, 7) is 7.90. The zero-order chi connectivity index (χ0) is 13.8. The molecule has 0 unspecified atom stereocenters. The minimum atomic E-state index is -0.234. The third-order valence-electron chi connectivity index (χ3n) is 2.47. The van der Waals surface area contributed by atoms with Crippen molar-refractivity contribution in [2.45, 2.75) is 45.7 Å². The molecule has 1 atom stereocenters. The van der Waals surface area contributed by atoms with Crippen LogP contribution in [0, 0.1) is 0 Å². The molecule has 0 aliphatic heterocycles. The number of rotatable bonds is 3. The molecule has 0 saturated carbocycles. The number of carbonyl (C=O) groups is 1. The standard InChI is InChI=1S/C14H21ClN2O/c1-5-12(10-6-8-11(15)9-7-10)16-13(18)17-14(2,3)4/h6-9,12H,5H2,1-4H3,(H2,16,17,18)/t12-/m0/s1. The Morgan fingerprint density at radius 1 is 1.28 bits per heavy atom. The number of nitrogens with one attached hydrogen (secondary N) is 2. The number of urea groups is 1. The second-order valence-electron chi connectivity index (χ2n) is 5.36. The van der Waals surface area contributed by atoms with Gasteiger partial charge in [-0.25, -0.2) is 4.79 Å². The van der Waals surface area contributed by atoms with Gasteiger partial charge in [0, 0.05) is 10.6 Å². The van der Waals surface area contributed by atoms with Crippen molar-refractivity contribution in [3.8, 4) is 0 Å². The van der Waals surface area contributed by atoms with Gasteiger partial charge in [-0.1, -0.05) is 30.7 Å². The van der Waals surface area contributed by atoms with Gasteiger partial charge >= 0.3 is 6.03 Å². The molecule has 18 heavy (non-hydrogen) atoms. The number of hydrogen-bond donors (Lipinski definition) is 2. The van der Waals surface area contributed by atoms with Crippen LogP contribution in [-0.2, 0) is 0 Å². The van der Waals surface area contributed by atoms with Crippen molar-refractivity contribution in [3.05, 3.63) is 34.9 Å². The molecular formula is C14H21ClN2O. The lowest BCUT2D eigenvalue weighted by atomic mass is 10.0. The molecule has 0 heterocycles. The molecule has 3 nitrogen and oxygen atoms in total. The summed E-state index contributed by atoms with van der Waals surface area (Å²) in [5.74, 6) is 0. The predicted molar refractivity (Wildman–Crippen MR) is 75.9 cm³/mol. The van der Waals surface area contributed by atoms with Gasteiger partial charge in [0.2, 0.25) is 0 Å². The highest BCUT2D eigenvalue weighted by Gasteiger charge is 2.17. The van der Waals surface area contributed by atoms with Gasteiger partial charge in [0.25, 0.3) is 0 Å². The molecule has 0 aromatic heterocycles. The Labute approximate surface area is 114 Å². The molecule has 0 bridgehead atoms. The average Bonchev–Trinajstić information content (AvgIpc) is 2.25. The molecule has 0 aliphatic rings. The van der Waals surface area contributed by atoms with Gasteiger partial charge in [-0.2, -0.15) is 0 Å². The van der Waals surface area contributed by atoms with E-state index in [1.165, 1.54) is 0 Å². The van der Waals surface area contributed by atoms with E-state index in [4.69, 9.17) is 11.6 Å². The molecule has 0 saturated heterocycles. The van der Waals surface area contributed by atoms with Gasteiger partial charge < -0.3 is 10.6 Å². The summed E-state index contributed by atoms with van der Waals surface area (Å²) in [6, 6.07) is 7.40. The smallest absolute Gasteiger partial charge is 0.315 e. The highest BCUT2D eigenvalue weighted by atomic mass is 35.5. The Balaban J connectivity index is 2.68. The molecule has 0 fully saturated rings. The van der Waals surface area contributed by atoms with E-state index in [2.05, 4.69) is 10.6 Å². The van der Waals surface area contributed by atoms with E-state index < -0.39 is 0 Å². The second-order valence-corrected chi connectivity index (χ2v) is 5.80. The van der Waals surface area contributed by atoms with Crippen molar-refractivity contribution >= 4 is 17.6 Å². The third kappa shape index (κ3) is 4.96. The summed E-state index contributed by atoms with van der Waals surface area (Å²) in [5.41, 5.74) is 0.827. The van der Waals surface area contributed by atoms with Crippen molar-refractivity contribution in [2.24, 2.45) is 0 Å². The molecule has 2 N–H and O–H groups in total. The summed E-state index contributed by atoms with van der Waals surface area (Å²) in [6.07, 6.45) is 0.833. The zero-order valence-corrected chi connectivity index (χ0v) is 12.1. The minimum absolute atomic E-state index is 0.00427. The molecule has 0 spiro atoms. The normalized spacial score (nSPS) is 12.9. The number of hydrogen-bond acceptors (Lipinski definition) is 1. The van der Waals surface area contributed by atoms with Crippen molar-refractivity contribution in [2.75, 3.05) is 0 Å². The topological polar surface area (TPSA) is 41.1 Å². The van der Waals surface area contributed by atoms with Crippen LogP contribution in [0.1, 0.15) is 45.7 Å². The van der Waals surface area contributed by atoms with Crippen LogP contribution in [0.4, 0.5) is 4.79 Å². The molecule has 1 aromatic rings. The summed E-state index contributed by atoms with van der Waals surface area (Å²) in [4.78, 5) is 11.8. The van der Waals surface area contributed by atoms with E-state index in [-0.39, 0.29) is 17.6 Å². The highest BCUT2D eigenvalue weighted by Crippen LogP contribution is 2.19. The summed E-state index contributed by atoms with van der Waals surface area (Å²) in [5, 5.41) is 6.56. The lowest BCUT2D eigenvalue weighted by molar-refractivity contribution is 0.228. The lowest BCUT2D eigenvalue weighted by Crippen LogP contribution is -2.47. The van der Waals surface area contributed by atoms with Crippen LogP contribution in [0.3, 0.4) is 0 Å². The Morgan fingerprint density at radius 3 is 2.28 bits per heavy atom. The van der Waals surface area contributed by atoms with Crippen LogP contribution in [0.25, 0.3) is 0 Å². The highest BCUT2D eigenvalue weighted by molar-refractivity contribution is 6.30. The summed E-state index contributed by atoms with van der Waals surface area (Å²) >= 11 is 5.85. The fourth-order valence-electron chi connectivity index (χ4n) is 1.65. The summed E-state index contributed by atoms with van der Waals surface area (Å²) in [7, 11) is 0. The fourth-order valence-corrected chi connectivity index (χ4v) is 1.78. The second kappa shape index (κ2) is 6.10. The molecule has 2 amide bonds. The maximum Gasteiger partial charge on any atom is 0.315 e. The zero-order valence-electron chi connectivity index (χ0n) is 11.4. The van der Waals surface area contributed by atoms with E-state index in [1.807, 2.05) is 52.0 Å². The number of benzene rings is 1. The van der Waals surface area contributed by atoms with E-state index in [9.17, 15) is 4.79 Å². The van der Waals surface area contributed by atoms with E-state index in [0.29, 0.717) is 5.02 Å². The average molecular weight is 269 g/mol. The van der Waals surface area contributed by atoms with Crippen LogP contribution in [0.2, 0.25) is 5.02 Å². The van der Waals surface area contributed by atoms with E-state index >= 15 is 0 Å². The predicted octanol–water partition coefficient (Wildman–Crippen LogP) is 3.89. The molecule has 100 valence electrons. The van der Waals surface area contributed by atoms with Crippen LogP contribution in [0.15, 0.2) is 24.3 Å². The van der Waals surface area contributed by atoms with Crippen molar-refractivity contribution in [1.82, 2.24) is 10.6 Å². The van der Waals surface area contributed by atoms with Gasteiger partial charge in [-0.05, 0) is 44.9 Å². The van der Waals surface area contributed by atoms with Gasteiger partial charge in [0.05, 0.1) is 6.04 Å². The molecule has 1 rings (SSSR count). The van der Waals surface area contributed by atoms with E-state index in [1.54, 1.807) is 0 Å². The molecule has 0 radical (unpaired) electrons. The molecule has 0 aliphatic carbocycles. The number of carbonyl (C=O) groups excluding carboxylic acids is 1. The quantitative estimate of drug-likeness (QED) is 0.858. The maximum atomic E-state index is 11.8. The number of halogens is 1. The first-order valence-corrected chi connectivity index (χ1v) is 6.54. The Kier molecular flexibility index (Phi) is 5.03. The first-order valence-electron chi connectivity index (χ1n) is 6.16. The first kappa shape index (κ1) is 14.8. The minimum Gasteiger partial charge on any atom is -0.334 e. The fraction of sp³-hybridized carbons (Fsp3) is 0.500. The lowest BCUT2D eigenvalue weighted by Gasteiger charge is -2.24. The largest absolute Gasteiger partial charge is 0.334 e. The van der Waals surface area contributed by atoms with Crippen LogP contribution in [0.5, 0.6) is 0 Å². The van der Waals surface area contributed by atoms with Crippen LogP contribution >= 0.6 is 11.6 Å². The molecular weight excluding hydrogens is 248 g/mol. The summed E-state index contributed by atoms with van der Waals surface area (Å²) < 4.78 is 0. The molecule has 4 heteroatoms. The van der Waals surface area contributed by atoms with Gasteiger partial charge in [-0.15, -0.1) is 0 Å². The van der Waals surface area contributed by atoms with Crippen LogP contribution < -0.4 is 10.6 Å². The Hall–Kier alpha value is -1.22.